The molecular weight excluding hydrogens is 226 g/mol. The number of rotatable bonds is 3. The van der Waals surface area contributed by atoms with Crippen LogP contribution in [0.3, 0.4) is 0 Å². The number of aromatic hydroxyl groups is 1. The number of phenols is 1. The molecule has 1 aromatic rings. The Hall–Kier alpha value is -2.24. The topological polar surface area (TPSA) is 87.1 Å². The fourth-order valence-electron chi connectivity index (χ4n) is 1.65. The first-order chi connectivity index (χ1) is 8.08. The molecule has 0 aromatic heterocycles. The quantitative estimate of drug-likeness (QED) is 0.803. The molecule has 0 atom stereocenters. The Balaban J connectivity index is 2.27. The van der Waals surface area contributed by atoms with Crippen molar-refractivity contribution in [3.8, 4) is 11.5 Å². The summed E-state index contributed by atoms with van der Waals surface area (Å²) in [6.45, 7) is -0.0502. The van der Waals surface area contributed by atoms with Crippen molar-refractivity contribution in [1.29, 1.82) is 0 Å². The maximum Gasteiger partial charge on any atom is 0.305 e. The van der Waals surface area contributed by atoms with Crippen molar-refractivity contribution in [2.45, 2.75) is 6.42 Å². The van der Waals surface area contributed by atoms with Crippen molar-refractivity contribution in [1.82, 2.24) is 0 Å². The van der Waals surface area contributed by atoms with Crippen molar-refractivity contribution < 1.29 is 24.5 Å². The van der Waals surface area contributed by atoms with Gasteiger partial charge in [-0.25, -0.2) is 0 Å². The average molecular weight is 237 g/mol. The number of carbonyl (C=O) groups excluding carboxylic acids is 1. The van der Waals surface area contributed by atoms with Crippen LogP contribution < -0.4 is 9.64 Å². The minimum atomic E-state index is -0.968. The predicted molar refractivity (Wildman–Crippen MR) is 58.2 cm³/mol. The third-order valence-corrected chi connectivity index (χ3v) is 2.44. The summed E-state index contributed by atoms with van der Waals surface area (Å²) in [5.74, 6) is -0.833. The fraction of sp³-hybridized carbons (Fsp3) is 0.273. The number of hydrogen-bond acceptors (Lipinski definition) is 4. The van der Waals surface area contributed by atoms with Gasteiger partial charge in [0.25, 0.3) is 5.91 Å². The standard InChI is InChI=1S/C11H11NO5/c13-7-1-2-8-9(5-7)17-6-10(14)12(8)4-3-11(15)16/h1-2,5,13H,3-4,6H2,(H,15,16). The lowest BCUT2D eigenvalue weighted by Crippen LogP contribution is -2.40. The molecule has 2 N–H and O–H groups in total. The molecular formula is C11H11NO5. The Morgan fingerprint density at radius 2 is 2.24 bits per heavy atom. The van der Waals surface area contributed by atoms with Crippen LogP contribution in [0.4, 0.5) is 5.69 Å². The summed E-state index contributed by atoms with van der Waals surface area (Å²) in [4.78, 5) is 23.5. The number of ether oxygens (including phenoxy) is 1. The monoisotopic (exact) mass is 237 g/mol. The van der Waals surface area contributed by atoms with E-state index in [4.69, 9.17) is 9.84 Å². The first kappa shape index (κ1) is 11.3. The van der Waals surface area contributed by atoms with Crippen LogP contribution in [0.2, 0.25) is 0 Å². The van der Waals surface area contributed by atoms with E-state index in [0.717, 1.165) is 0 Å². The third-order valence-electron chi connectivity index (χ3n) is 2.44. The zero-order chi connectivity index (χ0) is 12.4. The second-order valence-electron chi connectivity index (χ2n) is 3.63. The first-order valence-electron chi connectivity index (χ1n) is 5.06. The highest BCUT2D eigenvalue weighted by atomic mass is 16.5. The number of phenolic OH excluding ortho intramolecular Hbond substituents is 1. The molecule has 6 nitrogen and oxygen atoms in total. The van der Waals surface area contributed by atoms with Crippen molar-refractivity contribution in [2.75, 3.05) is 18.1 Å². The predicted octanol–water partition coefficient (Wildman–Crippen LogP) is 0.592. The number of benzene rings is 1. The van der Waals surface area contributed by atoms with Gasteiger partial charge >= 0.3 is 5.97 Å². The number of nitrogens with zero attached hydrogens (tertiary/aromatic N) is 1. The summed E-state index contributed by atoms with van der Waals surface area (Å²) < 4.78 is 5.15. The molecule has 0 unspecified atom stereocenters. The molecule has 1 aliphatic heterocycles. The maximum atomic E-state index is 11.6. The SMILES string of the molecule is O=C(O)CCN1C(=O)COc2cc(O)ccc21. The summed E-state index contributed by atoms with van der Waals surface area (Å²) in [5.41, 5.74) is 0.486. The highest BCUT2D eigenvalue weighted by Gasteiger charge is 2.25. The van der Waals surface area contributed by atoms with E-state index < -0.39 is 5.97 Å². The zero-order valence-corrected chi connectivity index (χ0v) is 8.92. The molecule has 1 aliphatic rings. The summed E-state index contributed by atoms with van der Waals surface area (Å²) in [5, 5.41) is 17.9. The third kappa shape index (κ3) is 2.30. The summed E-state index contributed by atoms with van der Waals surface area (Å²) >= 11 is 0. The number of carbonyl (C=O) groups is 2. The van der Waals surface area contributed by atoms with E-state index in [1.54, 1.807) is 0 Å². The summed E-state index contributed by atoms with van der Waals surface area (Å²) in [6, 6.07) is 4.35. The molecule has 0 radical (unpaired) electrons. The summed E-state index contributed by atoms with van der Waals surface area (Å²) in [7, 11) is 0. The van der Waals surface area contributed by atoms with Crippen LogP contribution in [0.15, 0.2) is 18.2 Å². The van der Waals surface area contributed by atoms with Crippen molar-refractivity contribution in [3.05, 3.63) is 18.2 Å². The molecule has 0 fully saturated rings. The van der Waals surface area contributed by atoms with E-state index >= 15 is 0 Å². The number of anilines is 1. The molecule has 90 valence electrons. The minimum Gasteiger partial charge on any atom is -0.508 e. The van der Waals surface area contributed by atoms with E-state index in [0.29, 0.717) is 11.4 Å². The Morgan fingerprint density at radius 3 is 2.94 bits per heavy atom. The van der Waals surface area contributed by atoms with Crippen LogP contribution in [0, 0.1) is 0 Å². The minimum absolute atomic E-state index is 0.0382. The van der Waals surface area contributed by atoms with Gasteiger partial charge in [0.1, 0.15) is 11.5 Å². The molecule has 0 saturated carbocycles. The van der Waals surface area contributed by atoms with Crippen molar-refractivity contribution in [3.63, 3.8) is 0 Å². The molecule has 0 saturated heterocycles. The molecule has 1 heterocycles. The van der Waals surface area contributed by atoms with Gasteiger partial charge in [-0.15, -0.1) is 0 Å². The lowest BCUT2D eigenvalue weighted by Gasteiger charge is -2.28. The number of carboxylic acid groups (broad SMARTS) is 1. The van der Waals surface area contributed by atoms with Crippen LogP contribution in [0.25, 0.3) is 0 Å². The van der Waals surface area contributed by atoms with E-state index in [-0.39, 0.29) is 31.2 Å². The van der Waals surface area contributed by atoms with Gasteiger partial charge in [0.15, 0.2) is 6.61 Å². The molecule has 17 heavy (non-hydrogen) atoms. The van der Waals surface area contributed by atoms with E-state index in [2.05, 4.69) is 0 Å². The Bertz CT molecular complexity index is 471. The molecule has 6 heteroatoms. The molecule has 2 rings (SSSR count). The lowest BCUT2D eigenvalue weighted by atomic mass is 10.2. The number of fused-ring (bicyclic) bond motifs is 1. The van der Waals surface area contributed by atoms with Crippen LogP contribution in [0.5, 0.6) is 11.5 Å². The van der Waals surface area contributed by atoms with E-state index in [1.165, 1.54) is 23.1 Å². The molecule has 0 spiro atoms. The summed E-state index contributed by atoms with van der Waals surface area (Å²) in [6.07, 6.45) is -0.133. The van der Waals surface area contributed by atoms with Gasteiger partial charge in [0, 0.05) is 12.6 Å². The number of amides is 1. The van der Waals surface area contributed by atoms with Crippen LogP contribution in [0.1, 0.15) is 6.42 Å². The van der Waals surface area contributed by atoms with E-state index in [9.17, 15) is 14.7 Å². The number of hydrogen-bond donors (Lipinski definition) is 2. The van der Waals surface area contributed by atoms with Gasteiger partial charge in [0.05, 0.1) is 12.1 Å². The van der Waals surface area contributed by atoms with Gasteiger partial charge in [0.2, 0.25) is 0 Å². The number of carboxylic acids is 1. The maximum absolute atomic E-state index is 11.6. The van der Waals surface area contributed by atoms with Gasteiger partial charge in [-0.2, -0.15) is 0 Å². The first-order valence-corrected chi connectivity index (χ1v) is 5.06. The smallest absolute Gasteiger partial charge is 0.305 e. The van der Waals surface area contributed by atoms with Crippen LogP contribution in [-0.4, -0.2) is 35.2 Å². The van der Waals surface area contributed by atoms with Gasteiger partial charge in [-0.1, -0.05) is 0 Å². The fourth-order valence-corrected chi connectivity index (χ4v) is 1.65. The van der Waals surface area contributed by atoms with Crippen molar-refractivity contribution in [2.24, 2.45) is 0 Å². The second-order valence-corrected chi connectivity index (χ2v) is 3.63. The average Bonchev–Trinajstić information content (AvgIpc) is 2.27. The van der Waals surface area contributed by atoms with Gasteiger partial charge in [-0.05, 0) is 12.1 Å². The normalized spacial score (nSPS) is 14.1. The molecule has 0 aliphatic carbocycles. The Labute approximate surface area is 97.0 Å². The molecule has 1 aromatic carbocycles. The van der Waals surface area contributed by atoms with Gasteiger partial charge < -0.3 is 19.8 Å². The highest BCUT2D eigenvalue weighted by Crippen LogP contribution is 2.34. The lowest BCUT2D eigenvalue weighted by molar-refractivity contribution is -0.136. The molecule has 1 amide bonds. The Kier molecular flexibility index (Phi) is 2.86. The number of aliphatic carboxylic acids is 1. The second kappa shape index (κ2) is 4.32. The highest BCUT2D eigenvalue weighted by molar-refractivity contribution is 5.98. The largest absolute Gasteiger partial charge is 0.508 e. The Morgan fingerprint density at radius 1 is 1.47 bits per heavy atom. The molecule has 0 bridgehead atoms. The van der Waals surface area contributed by atoms with E-state index in [1.807, 2.05) is 0 Å². The van der Waals surface area contributed by atoms with Crippen LogP contribution in [-0.2, 0) is 9.59 Å². The van der Waals surface area contributed by atoms with Crippen molar-refractivity contribution >= 4 is 17.6 Å². The van der Waals surface area contributed by atoms with Crippen LogP contribution >= 0.6 is 0 Å². The van der Waals surface area contributed by atoms with Gasteiger partial charge in [-0.3, -0.25) is 9.59 Å². The zero-order valence-electron chi connectivity index (χ0n) is 8.92.